The molecular formula is C16H25N3O4. The molecule has 1 saturated heterocycles. The molecule has 0 bridgehead atoms. The van der Waals surface area contributed by atoms with Gasteiger partial charge in [-0.05, 0) is 26.7 Å². The fraction of sp³-hybridized carbons (Fsp3) is 0.688. The first kappa shape index (κ1) is 17.5. The van der Waals surface area contributed by atoms with Crippen molar-refractivity contribution in [2.45, 2.75) is 58.8 Å². The molecular weight excluding hydrogens is 298 g/mol. The number of rotatable bonds is 5. The summed E-state index contributed by atoms with van der Waals surface area (Å²) in [6.07, 6.45) is 2.21. The van der Waals surface area contributed by atoms with Gasteiger partial charge in [-0.1, -0.05) is 13.8 Å². The van der Waals surface area contributed by atoms with Gasteiger partial charge in [-0.3, -0.25) is 9.48 Å². The number of carboxylic acids is 1. The highest BCUT2D eigenvalue weighted by Crippen LogP contribution is 2.21. The standard InChI is InChI=1S/C16H25N3O4/c1-5-12(6-2)19-11(4)13(7-17-19)15(20)18-8-10(3)23-14(9-18)16(21)22/h7,10,12,14H,5-6,8-9H2,1-4H3,(H,21,22)/t10-,14?/m1/s1. The molecule has 128 valence electrons. The highest BCUT2D eigenvalue weighted by atomic mass is 16.5. The van der Waals surface area contributed by atoms with E-state index >= 15 is 0 Å². The summed E-state index contributed by atoms with van der Waals surface area (Å²) in [5.41, 5.74) is 1.37. The number of hydrogen-bond acceptors (Lipinski definition) is 4. The Morgan fingerprint density at radius 2 is 2.04 bits per heavy atom. The third-order valence-electron chi connectivity index (χ3n) is 4.39. The van der Waals surface area contributed by atoms with Gasteiger partial charge >= 0.3 is 5.97 Å². The Balaban J connectivity index is 2.21. The average Bonchev–Trinajstić information content (AvgIpc) is 2.89. The predicted molar refractivity (Wildman–Crippen MR) is 84.5 cm³/mol. The molecule has 7 nitrogen and oxygen atoms in total. The largest absolute Gasteiger partial charge is 0.479 e. The third-order valence-corrected chi connectivity index (χ3v) is 4.39. The zero-order valence-electron chi connectivity index (χ0n) is 14.2. The van der Waals surface area contributed by atoms with Crippen molar-refractivity contribution < 1.29 is 19.4 Å². The molecule has 1 aromatic rings. The molecule has 23 heavy (non-hydrogen) atoms. The Labute approximate surface area is 136 Å². The molecule has 1 amide bonds. The summed E-state index contributed by atoms with van der Waals surface area (Å²) in [5, 5.41) is 13.5. The van der Waals surface area contributed by atoms with Gasteiger partial charge in [0.25, 0.3) is 5.91 Å². The molecule has 0 aliphatic carbocycles. The van der Waals surface area contributed by atoms with Gasteiger partial charge in [0, 0.05) is 12.2 Å². The molecule has 2 atom stereocenters. The van der Waals surface area contributed by atoms with E-state index in [4.69, 9.17) is 9.84 Å². The van der Waals surface area contributed by atoms with Crippen LogP contribution in [0.15, 0.2) is 6.20 Å². The number of carboxylic acid groups (broad SMARTS) is 1. The minimum absolute atomic E-state index is 0.0636. The fourth-order valence-electron chi connectivity index (χ4n) is 3.06. The van der Waals surface area contributed by atoms with E-state index in [2.05, 4.69) is 18.9 Å². The molecule has 1 fully saturated rings. The van der Waals surface area contributed by atoms with Gasteiger partial charge in [-0.25, -0.2) is 4.79 Å². The topological polar surface area (TPSA) is 84.7 Å². The minimum atomic E-state index is -1.04. The van der Waals surface area contributed by atoms with Crippen LogP contribution in [0.25, 0.3) is 0 Å². The molecule has 0 aromatic carbocycles. The van der Waals surface area contributed by atoms with Crippen LogP contribution in [0.3, 0.4) is 0 Å². The Kier molecular flexibility index (Phi) is 5.41. The Morgan fingerprint density at radius 3 is 2.61 bits per heavy atom. The summed E-state index contributed by atoms with van der Waals surface area (Å²) < 4.78 is 7.25. The smallest absolute Gasteiger partial charge is 0.334 e. The zero-order valence-corrected chi connectivity index (χ0v) is 14.2. The van der Waals surface area contributed by atoms with E-state index in [0.29, 0.717) is 12.1 Å². The van der Waals surface area contributed by atoms with Crippen molar-refractivity contribution in [3.8, 4) is 0 Å². The van der Waals surface area contributed by atoms with Crippen molar-refractivity contribution >= 4 is 11.9 Å². The summed E-state index contributed by atoms with van der Waals surface area (Å²) in [7, 11) is 0. The summed E-state index contributed by atoms with van der Waals surface area (Å²) in [4.78, 5) is 25.5. The molecule has 1 aliphatic rings. The van der Waals surface area contributed by atoms with Gasteiger partial charge in [-0.15, -0.1) is 0 Å². The SMILES string of the molecule is CCC(CC)n1ncc(C(=O)N2CC(C(=O)O)O[C@H](C)C2)c1C. The maximum Gasteiger partial charge on any atom is 0.334 e. The molecule has 0 radical (unpaired) electrons. The quantitative estimate of drug-likeness (QED) is 0.894. The lowest BCUT2D eigenvalue weighted by Crippen LogP contribution is -2.51. The van der Waals surface area contributed by atoms with Gasteiger partial charge < -0.3 is 14.7 Å². The molecule has 1 aromatic heterocycles. The van der Waals surface area contributed by atoms with E-state index in [-0.39, 0.29) is 24.6 Å². The van der Waals surface area contributed by atoms with E-state index in [1.807, 2.05) is 11.6 Å². The number of carbonyl (C=O) groups is 2. The molecule has 0 spiro atoms. The van der Waals surface area contributed by atoms with Crippen LogP contribution in [0, 0.1) is 6.92 Å². The predicted octanol–water partition coefficient (Wildman–Crippen LogP) is 1.87. The fourth-order valence-corrected chi connectivity index (χ4v) is 3.06. The lowest BCUT2D eigenvalue weighted by Gasteiger charge is -2.34. The van der Waals surface area contributed by atoms with Crippen LogP contribution < -0.4 is 0 Å². The first-order valence-electron chi connectivity index (χ1n) is 8.10. The van der Waals surface area contributed by atoms with Crippen molar-refractivity contribution in [1.29, 1.82) is 0 Å². The number of carbonyl (C=O) groups excluding carboxylic acids is 1. The van der Waals surface area contributed by atoms with Crippen molar-refractivity contribution in [2.24, 2.45) is 0 Å². The molecule has 1 N–H and O–H groups in total. The monoisotopic (exact) mass is 323 g/mol. The van der Waals surface area contributed by atoms with E-state index in [1.54, 1.807) is 18.0 Å². The van der Waals surface area contributed by atoms with Gasteiger partial charge in [0.2, 0.25) is 0 Å². The van der Waals surface area contributed by atoms with Crippen LogP contribution in [0.1, 0.15) is 55.7 Å². The second kappa shape index (κ2) is 7.12. The number of aromatic nitrogens is 2. The average molecular weight is 323 g/mol. The first-order chi connectivity index (χ1) is 10.9. The van der Waals surface area contributed by atoms with E-state index in [1.165, 1.54) is 0 Å². The summed E-state index contributed by atoms with van der Waals surface area (Å²) in [6, 6.07) is 0.270. The number of ether oxygens (including phenoxy) is 1. The maximum absolute atomic E-state index is 12.8. The first-order valence-corrected chi connectivity index (χ1v) is 8.10. The second-order valence-electron chi connectivity index (χ2n) is 6.04. The molecule has 1 aliphatic heterocycles. The highest BCUT2D eigenvalue weighted by molar-refractivity contribution is 5.95. The van der Waals surface area contributed by atoms with E-state index < -0.39 is 12.1 Å². The number of hydrogen-bond donors (Lipinski definition) is 1. The van der Waals surface area contributed by atoms with Crippen LogP contribution in [-0.4, -0.2) is 57.0 Å². The molecule has 1 unspecified atom stereocenters. The Morgan fingerprint density at radius 1 is 1.39 bits per heavy atom. The van der Waals surface area contributed by atoms with Crippen LogP contribution in [0.5, 0.6) is 0 Å². The van der Waals surface area contributed by atoms with Crippen molar-refractivity contribution in [1.82, 2.24) is 14.7 Å². The van der Waals surface area contributed by atoms with Crippen molar-refractivity contribution in [2.75, 3.05) is 13.1 Å². The normalized spacial score (nSPS) is 21.7. The summed E-state index contributed by atoms with van der Waals surface area (Å²) >= 11 is 0. The van der Waals surface area contributed by atoms with Crippen LogP contribution >= 0.6 is 0 Å². The van der Waals surface area contributed by atoms with Crippen LogP contribution in [-0.2, 0) is 9.53 Å². The summed E-state index contributed by atoms with van der Waals surface area (Å²) in [6.45, 7) is 8.30. The maximum atomic E-state index is 12.8. The Bertz CT molecular complexity index is 580. The lowest BCUT2D eigenvalue weighted by molar-refractivity contribution is -0.160. The second-order valence-corrected chi connectivity index (χ2v) is 6.04. The molecule has 2 heterocycles. The summed E-state index contributed by atoms with van der Waals surface area (Å²) in [5.74, 6) is -1.22. The number of nitrogens with zero attached hydrogens (tertiary/aromatic N) is 3. The highest BCUT2D eigenvalue weighted by Gasteiger charge is 2.34. The molecule has 2 rings (SSSR count). The van der Waals surface area contributed by atoms with E-state index in [0.717, 1.165) is 18.5 Å². The van der Waals surface area contributed by atoms with Gasteiger partial charge in [0.15, 0.2) is 6.10 Å². The van der Waals surface area contributed by atoms with Crippen molar-refractivity contribution in [3.63, 3.8) is 0 Å². The van der Waals surface area contributed by atoms with Gasteiger partial charge in [0.1, 0.15) is 0 Å². The van der Waals surface area contributed by atoms with Gasteiger partial charge in [0.05, 0.1) is 30.5 Å². The molecule has 7 heteroatoms. The number of morpholine rings is 1. The van der Waals surface area contributed by atoms with E-state index in [9.17, 15) is 9.59 Å². The zero-order chi connectivity index (χ0) is 17.1. The third kappa shape index (κ3) is 3.55. The van der Waals surface area contributed by atoms with Crippen LogP contribution in [0.2, 0.25) is 0 Å². The minimum Gasteiger partial charge on any atom is -0.479 e. The number of amides is 1. The van der Waals surface area contributed by atoms with Crippen molar-refractivity contribution in [3.05, 3.63) is 17.5 Å². The Hall–Kier alpha value is -1.89. The number of aliphatic carboxylic acids is 1. The van der Waals surface area contributed by atoms with Gasteiger partial charge in [-0.2, -0.15) is 5.10 Å². The molecule has 0 saturated carbocycles. The van der Waals surface area contributed by atoms with Crippen LogP contribution in [0.4, 0.5) is 0 Å². The lowest BCUT2D eigenvalue weighted by atomic mass is 10.1.